The fourth-order valence-electron chi connectivity index (χ4n) is 0.667. The lowest BCUT2D eigenvalue weighted by atomic mass is 10.4. The highest BCUT2D eigenvalue weighted by Gasteiger charge is 2.25. The van der Waals surface area contributed by atoms with E-state index >= 15 is 0 Å². The number of oxime groups is 1. The molecule has 1 amide bonds. The van der Waals surface area contributed by atoms with Crippen molar-refractivity contribution in [3.8, 4) is 0 Å². The van der Waals surface area contributed by atoms with Crippen molar-refractivity contribution in [1.82, 2.24) is 5.06 Å². The van der Waals surface area contributed by atoms with Gasteiger partial charge in [-0.25, -0.2) is 0 Å². The number of carbonyl (C=O) groups excluding carboxylic acids is 1. The van der Waals surface area contributed by atoms with E-state index in [-0.39, 0.29) is 12.3 Å². The third-order valence-corrected chi connectivity index (χ3v) is 1.16. The Kier molecular flexibility index (Phi) is 1.35. The van der Waals surface area contributed by atoms with E-state index in [0.717, 1.165) is 0 Å². The van der Waals surface area contributed by atoms with Crippen molar-refractivity contribution >= 4 is 11.7 Å². The summed E-state index contributed by atoms with van der Waals surface area (Å²) in [5, 5.41) is 19.8. The van der Waals surface area contributed by atoms with Crippen LogP contribution < -0.4 is 0 Å². The van der Waals surface area contributed by atoms with Gasteiger partial charge in [0.1, 0.15) is 0 Å². The molecule has 0 saturated carbocycles. The van der Waals surface area contributed by atoms with Gasteiger partial charge in [0.15, 0.2) is 5.84 Å². The largest absolute Gasteiger partial charge is 0.409 e. The van der Waals surface area contributed by atoms with Crippen molar-refractivity contribution < 1.29 is 15.2 Å². The third kappa shape index (κ3) is 0.857. The van der Waals surface area contributed by atoms with Gasteiger partial charge in [-0.2, -0.15) is 5.06 Å². The molecule has 0 spiro atoms. The van der Waals surface area contributed by atoms with Gasteiger partial charge in [0.2, 0.25) is 0 Å². The Balaban J connectivity index is 2.73. The zero-order valence-electron chi connectivity index (χ0n) is 4.61. The molecule has 1 heterocycles. The lowest BCUT2D eigenvalue weighted by Gasteiger charge is -2.02. The average molecular weight is 130 g/mol. The standard InChI is InChI=1S/C4H6N2O3/c7-4-2-1-3(5-8)6(4)9/h8-9H,1-2H2. The Morgan fingerprint density at radius 3 is 2.44 bits per heavy atom. The fraction of sp³-hybridized carbons (Fsp3) is 0.500. The van der Waals surface area contributed by atoms with Crippen LogP contribution in [0.4, 0.5) is 0 Å². The van der Waals surface area contributed by atoms with Gasteiger partial charge >= 0.3 is 0 Å². The van der Waals surface area contributed by atoms with Crippen LogP contribution in [0.1, 0.15) is 12.8 Å². The summed E-state index contributed by atoms with van der Waals surface area (Å²) < 4.78 is 0. The van der Waals surface area contributed by atoms with Crippen molar-refractivity contribution in [3.63, 3.8) is 0 Å². The lowest BCUT2D eigenvalue weighted by molar-refractivity contribution is -0.146. The zero-order chi connectivity index (χ0) is 6.85. The second kappa shape index (κ2) is 2.02. The highest BCUT2D eigenvalue weighted by atomic mass is 16.5. The molecule has 0 radical (unpaired) electrons. The maximum Gasteiger partial charge on any atom is 0.252 e. The number of hydrogen-bond donors (Lipinski definition) is 2. The van der Waals surface area contributed by atoms with Crippen LogP contribution in [0.3, 0.4) is 0 Å². The average Bonchev–Trinajstić information content (AvgIpc) is 2.15. The van der Waals surface area contributed by atoms with Crippen molar-refractivity contribution in [2.24, 2.45) is 5.16 Å². The van der Waals surface area contributed by atoms with E-state index in [1.54, 1.807) is 0 Å². The van der Waals surface area contributed by atoms with Crippen molar-refractivity contribution in [2.45, 2.75) is 12.8 Å². The highest BCUT2D eigenvalue weighted by molar-refractivity contribution is 6.02. The molecule has 0 unspecified atom stereocenters. The van der Waals surface area contributed by atoms with E-state index in [1.165, 1.54) is 0 Å². The molecule has 50 valence electrons. The molecule has 0 aromatic rings. The smallest absolute Gasteiger partial charge is 0.252 e. The van der Waals surface area contributed by atoms with Crippen LogP contribution in [0, 0.1) is 0 Å². The van der Waals surface area contributed by atoms with E-state index in [2.05, 4.69) is 5.16 Å². The molecular weight excluding hydrogens is 124 g/mol. The minimum absolute atomic E-state index is 0.0139. The van der Waals surface area contributed by atoms with Gasteiger partial charge in [-0.05, 0) is 0 Å². The number of amides is 1. The Morgan fingerprint density at radius 1 is 1.56 bits per heavy atom. The summed E-state index contributed by atoms with van der Waals surface area (Å²) >= 11 is 0. The summed E-state index contributed by atoms with van der Waals surface area (Å²) in [5.41, 5.74) is 0. The van der Waals surface area contributed by atoms with Crippen LogP contribution >= 0.6 is 0 Å². The first kappa shape index (κ1) is 6.03. The van der Waals surface area contributed by atoms with Gasteiger partial charge in [-0.3, -0.25) is 10.0 Å². The molecule has 0 bridgehead atoms. The Labute approximate surface area is 51.1 Å². The van der Waals surface area contributed by atoms with Gasteiger partial charge in [0.05, 0.1) is 0 Å². The summed E-state index contributed by atoms with van der Waals surface area (Å²) in [4.78, 5) is 10.4. The first-order valence-electron chi connectivity index (χ1n) is 2.48. The molecule has 1 fully saturated rings. The molecule has 9 heavy (non-hydrogen) atoms. The predicted molar refractivity (Wildman–Crippen MR) is 27.1 cm³/mol. The molecular formula is C4H6N2O3. The number of rotatable bonds is 0. The molecule has 1 rings (SSSR count). The maximum absolute atomic E-state index is 10.4. The summed E-state index contributed by atoms with van der Waals surface area (Å²) in [6.07, 6.45) is 0.529. The lowest BCUT2D eigenvalue weighted by Crippen LogP contribution is -2.24. The van der Waals surface area contributed by atoms with Crippen molar-refractivity contribution in [3.05, 3.63) is 0 Å². The molecule has 0 aromatic heterocycles. The molecule has 0 aliphatic carbocycles. The van der Waals surface area contributed by atoms with Gasteiger partial charge in [0.25, 0.3) is 5.91 Å². The Morgan fingerprint density at radius 2 is 2.22 bits per heavy atom. The molecule has 0 aromatic carbocycles. The van der Waals surface area contributed by atoms with Crippen LogP contribution in [0.2, 0.25) is 0 Å². The predicted octanol–water partition coefficient (Wildman–Crippen LogP) is -0.214. The number of hydrogen-bond acceptors (Lipinski definition) is 4. The number of carbonyl (C=O) groups is 1. The zero-order valence-corrected chi connectivity index (χ0v) is 4.61. The monoisotopic (exact) mass is 130 g/mol. The Hall–Kier alpha value is -1.10. The normalized spacial score (nSPS) is 23.9. The van der Waals surface area contributed by atoms with Gasteiger partial charge < -0.3 is 5.21 Å². The van der Waals surface area contributed by atoms with Gasteiger partial charge in [-0.15, -0.1) is 0 Å². The first-order valence-corrected chi connectivity index (χ1v) is 2.48. The summed E-state index contributed by atoms with van der Waals surface area (Å²) in [5.74, 6) is -0.414. The molecule has 1 saturated heterocycles. The van der Waals surface area contributed by atoms with Crippen LogP contribution in [0.15, 0.2) is 5.16 Å². The van der Waals surface area contributed by atoms with E-state index in [4.69, 9.17) is 10.4 Å². The number of amidine groups is 1. The van der Waals surface area contributed by atoms with Crippen LogP contribution in [-0.4, -0.2) is 27.2 Å². The molecule has 2 N–H and O–H groups in total. The van der Waals surface area contributed by atoms with E-state index in [9.17, 15) is 4.79 Å². The minimum atomic E-state index is -0.428. The summed E-state index contributed by atoms with van der Waals surface area (Å²) in [6.45, 7) is 0. The Bertz CT molecular complexity index is 165. The van der Waals surface area contributed by atoms with E-state index < -0.39 is 5.91 Å². The van der Waals surface area contributed by atoms with Crippen molar-refractivity contribution in [2.75, 3.05) is 0 Å². The van der Waals surface area contributed by atoms with Gasteiger partial charge in [-0.1, -0.05) is 5.16 Å². The van der Waals surface area contributed by atoms with Gasteiger partial charge in [0, 0.05) is 12.8 Å². The van der Waals surface area contributed by atoms with E-state index in [0.29, 0.717) is 11.5 Å². The molecule has 0 atom stereocenters. The number of hydroxylamine groups is 2. The topological polar surface area (TPSA) is 73.1 Å². The van der Waals surface area contributed by atoms with Crippen LogP contribution in [0.5, 0.6) is 0 Å². The molecule has 1 aliphatic rings. The second-order valence-electron chi connectivity index (χ2n) is 1.72. The SMILES string of the molecule is O=C1CCC(=NO)N1O. The first-order chi connectivity index (χ1) is 4.25. The summed E-state index contributed by atoms with van der Waals surface area (Å²) in [6, 6.07) is 0. The van der Waals surface area contributed by atoms with Crippen LogP contribution in [0.25, 0.3) is 0 Å². The van der Waals surface area contributed by atoms with Crippen molar-refractivity contribution in [1.29, 1.82) is 0 Å². The minimum Gasteiger partial charge on any atom is -0.409 e. The molecule has 1 aliphatic heterocycles. The molecule has 5 heteroatoms. The molecule has 5 nitrogen and oxygen atoms in total. The maximum atomic E-state index is 10.4. The number of nitrogens with zero attached hydrogens (tertiary/aromatic N) is 2. The van der Waals surface area contributed by atoms with Crippen LogP contribution in [-0.2, 0) is 4.79 Å². The third-order valence-electron chi connectivity index (χ3n) is 1.16. The quantitative estimate of drug-likeness (QED) is 0.270. The summed E-state index contributed by atoms with van der Waals surface area (Å²) in [7, 11) is 0. The van der Waals surface area contributed by atoms with E-state index in [1.807, 2.05) is 0 Å². The second-order valence-corrected chi connectivity index (χ2v) is 1.72. The highest BCUT2D eigenvalue weighted by Crippen LogP contribution is 2.09. The fourth-order valence-corrected chi connectivity index (χ4v) is 0.667.